The van der Waals surface area contributed by atoms with E-state index in [9.17, 15) is 9.59 Å². The molecule has 1 aromatic rings. The van der Waals surface area contributed by atoms with Crippen LogP contribution in [0, 0.1) is 0 Å². The average molecular weight is 122 g/mol. The summed E-state index contributed by atoms with van der Waals surface area (Å²) in [6.45, 7) is 0. The van der Waals surface area contributed by atoms with Crippen molar-refractivity contribution >= 4 is 12.4 Å². The van der Waals surface area contributed by atoms with Crippen LogP contribution >= 0.6 is 12.4 Å². The number of halogens is 1. The van der Waals surface area contributed by atoms with Crippen LogP contribution in [-0.2, 0) is 7.05 Å². The minimum Gasteiger partial charge on any atom is -0.269 e. The topological polar surface area (TPSA) is 39.1 Å². The molecule has 1 heterocycles. The van der Waals surface area contributed by atoms with Gasteiger partial charge in [0.05, 0.1) is 0 Å². The molecule has 0 aliphatic heterocycles. The van der Waals surface area contributed by atoms with Gasteiger partial charge in [0.25, 0.3) is 0 Å². The van der Waals surface area contributed by atoms with Crippen molar-refractivity contribution in [2.75, 3.05) is 0 Å². The number of hydrogen-bond acceptors (Lipinski definition) is 2. The van der Waals surface area contributed by atoms with E-state index in [1.807, 2.05) is 0 Å². The fourth-order valence-electron chi connectivity index (χ4n) is 0.206. The third kappa shape index (κ3) is 0.718. The predicted molar refractivity (Wildman–Crippen MR) is 27.6 cm³/mol. The minimum atomic E-state index is -0.380. The van der Waals surface area contributed by atoms with E-state index in [2.05, 4.69) is 0 Å². The molecule has 0 aliphatic rings. The Morgan fingerprint density at radius 2 is 1.43 bits per heavy atom. The molecule has 1 aromatic heterocycles. The van der Waals surface area contributed by atoms with Gasteiger partial charge in [-0.3, -0.25) is 14.2 Å². The minimum absolute atomic E-state index is 0. The summed E-state index contributed by atoms with van der Waals surface area (Å²) in [7, 11) is 1.45. The highest BCUT2D eigenvalue weighted by Gasteiger charge is 2.07. The Labute approximate surface area is 45.7 Å². The predicted octanol–water partition coefficient (Wildman–Crippen LogP) is -0.957. The monoisotopic (exact) mass is 121 g/mol. The molecular formula is C3H4ClNO2. The lowest BCUT2D eigenvalue weighted by Crippen LogP contribution is -1.88. The van der Waals surface area contributed by atoms with Gasteiger partial charge in [-0.05, 0) is 0 Å². The summed E-state index contributed by atoms with van der Waals surface area (Å²) in [6, 6.07) is 0. The summed E-state index contributed by atoms with van der Waals surface area (Å²) in [5.41, 5.74) is -0.759. The molecule has 0 bridgehead atoms. The Bertz CT molecular complexity index is 194. The Morgan fingerprint density at radius 1 is 1.29 bits per heavy atom. The molecule has 0 unspecified atom stereocenters. The van der Waals surface area contributed by atoms with Crippen LogP contribution in [0.2, 0.25) is 0 Å². The van der Waals surface area contributed by atoms with Crippen LogP contribution in [0.15, 0.2) is 9.59 Å². The fraction of sp³-hybridized carbons (Fsp3) is 0.333. The second-order valence-electron chi connectivity index (χ2n) is 1.17. The van der Waals surface area contributed by atoms with Crippen LogP contribution in [0.4, 0.5) is 0 Å². The van der Waals surface area contributed by atoms with Crippen molar-refractivity contribution in [1.82, 2.24) is 4.57 Å². The van der Waals surface area contributed by atoms with Gasteiger partial charge in [-0.2, -0.15) is 0 Å². The highest BCUT2D eigenvalue weighted by Crippen LogP contribution is 1.49. The van der Waals surface area contributed by atoms with E-state index in [0.717, 1.165) is 4.57 Å². The van der Waals surface area contributed by atoms with Gasteiger partial charge in [-0.15, -0.1) is 12.4 Å². The Morgan fingerprint density at radius 3 is 1.43 bits per heavy atom. The zero-order chi connectivity index (χ0) is 4.73. The van der Waals surface area contributed by atoms with Crippen LogP contribution < -0.4 is 11.1 Å². The molecule has 0 saturated heterocycles. The first kappa shape index (κ1) is 6.43. The molecule has 1 rings (SSSR count). The number of aromatic nitrogens is 1. The van der Waals surface area contributed by atoms with Gasteiger partial charge < -0.3 is 0 Å². The van der Waals surface area contributed by atoms with Crippen LogP contribution in [0.3, 0.4) is 0 Å². The molecule has 4 heteroatoms. The van der Waals surface area contributed by atoms with Crippen LogP contribution in [0.1, 0.15) is 0 Å². The molecule has 0 radical (unpaired) electrons. The van der Waals surface area contributed by atoms with Gasteiger partial charge in [0.15, 0.2) is 0 Å². The molecule has 0 aromatic carbocycles. The molecule has 0 saturated carbocycles. The molecule has 0 spiro atoms. The lowest BCUT2D eigenvalue weighted by molar-refractivity contribution is 1.00. The Kier molecular flexibility index (Phi) is 1.38. The molecule has 0 fully saturated rings. The molecular weight excluding hydrogens is 117 g/mol. The zero-order valence-electron chi connectivity index (χ0n) is 3.67. The third-order valence-corrected chi connectivity index (χ3v) is 0.742. The summed E-state index contributed by atoms with van der Waals surface area (Å²) in [5.74, 6) is 0. The SMILES string of the molecule is Cl.Cn1c(=O)c1=O. The molecule has 0 aliphatic carbocycles. The zero-order valence-corrected chi connectivity index (χ0v) is 4.49. The van der Waals surface area contributed by atoms with Crippen molar-refractivity contribution in [3.05, 3.63) is 20.7 Å². The van der Waals surface area contributed by atoms with Crippen molar-refractivity contribution < 1.29 is 0 Å². The van der Waals surface area contributed by atoms with Gasteiger partial charge in [-0.1, -0.05) is 0 Å². The van der Waals surface area contributed by atoms with E-state index < -0.39 is 0 Å². The maximum Gasteiger partial charge on any atom is 0.319 e. The standard InChI is InChI=1S/C3H3NO2.ClH/c1-4-2(5)3(4)6;/h1H3;1H. The average Bonchev–Trinajstić information content (AvgIpc) is 1.94. The van der Waals surface area contributed by atoms with Crippen LogP contribution in [-0.4, -0.2) is 4.57 Å². The summed E-state index contributed by atoms with van der Waals surface area (Å²) >= 11 is 0. The van der Waals surface area contributed by atoms with E-state index in [1.165, 1.54) is 7.05 Å². The normalized spacial score (nSPS) is 8.71. The third-order valence-electron chi connectivity index (χ3n) is 0.742. The Balaban J connectivity index is 0.000000360. The Hall–Kier alpha value is -0.570. The van der Waals surface area contributed by atoms with E-state index in [-0.39, 0.29) is 23.5 Å². The van der Waals surface area contributed by atoms with E-state index in [4.69, 9.17) is 0 Å². The van der Waals surface area contributed by atoms with Gasteiger partial charge in [0, 0.05) is 7.05 Å². The molecule has 0 atom stereocenters. The summed E-state index contributed by atoms with van der Waals surface area (Å²) in [6.07, 6.45) is 0. The quantitative estimate of drug-likeness (QED) is 0.415. The smallest absolute Gasteiger partial charge is 0.269 e. The van der Waals surface area contributed by atoms with Gasteiger partial charge in [-0.25, -0.2) is 0 Å². The second-order valence-corrected chi connectivity index (χ2v) is 1.17. The highest BCUT2D eigenvalue weighted by atomic mass is 35.5. The van der Waals surface area contributed by atoms with Crippen molar-refractivity contribution in [2.24, 2.45) is 7.05 Å². The lowest BCUT2D eigenvalue weighted by atomic mass is 11.1. The molecule has 0 amide bonds. The largest absolute Gasteiger partial charge is 0.319 e. The van der Waals surface area contributed by atoms with Gasteiger partial charge in [0.1, 0.15) is 0 Å². The lowest BCUT2D eigenvalue weighted by Gasteiger charge is -1.51. The highest BCUT2D eigenvalue weighted by molar-refractivity contribution is 5.85. The van der Waals surface area contributed by atoms with Crippen molar-refractivity contribution in [1.29, 1.82) is 0 Å². The summed E-state index contributed by atoms with van der Waals surface area (Å²) in [5, 5.41) is 0. The van der Waals surface area contributed by atoms with Crippen molar-refractivity contribution in [3.63, 3.8) is 0 Å². The maximum atomic E-state index is 9.79. The van der Waals surface area contributed by atoms with Crippen molar-refractivity contribution in [3.8, 4) is 0 Å². The van der Waals surface area contributed by atoms with Gasteiger partial charge >= 0.3 is 11.1 Å². The van der Waals surface area contributed by atoms with Crippen molar-refractivity contribution in [2.45, 2.75) is 0 Å². The first-order valence-corrected chi connectivity index (χ1v) is 1.55. The van der Waals surface area contributed by atoms with Gasteiger partial charge in [0.2, 0.25) is 0 Å². The van der Waals surface area contributed by atoms with E-state index in [0.29, 0.717) is 0 Å². The maximum absolute atomic E-state index is 9.79. The van der Waals surface area contributed by atoms with Crippen LogP contribution in [0.5, 0.6) is 0 Å². The summed E-state index contributed by atoms with van der Waals surface area (Å²) < 4.78 is 1.06. The second kappa shape index (κ2) is 1.50. The van der Waals surface area contributed by atoms with Crippen LogP contribution in [0.25, 0.3) is 0 Å². The molecule has 40 valence electrons. The first-order valence-electron chi connectivity index (χ1n) is 1.55. The number of hydrogen-bond donors (Lipinski definition) is 0. The van der Waals surface area contributed by atoms with E-state index >= 15 is 0 Å². The fourth-order valence-corrected chi connectivity index (χ4v) is 0.206. The molecule has 0 N–H and O–H groups in total. The molecule has 7 heavy (non-hydrogen) atoms. The van der Waals surface area contributed by atoms with E-state index in [1.54, 1.807) is 0 Å². The number of nitrogens with zero attached hydrogens (tertiary/aromatic N) is 1. The molecule has 3 nitrogen and oxygen atoms in total. The first-order chi connectivity index (χ1) is 2.73. The summed E-state index contributed by atoms with van der Waals surface area (Å²) in [4.78, 5) is 19.6. The number of rotatable bonds is 0.